The molecular formula is C15H23NO5. The van der Waals surface area contributed by atoms with Gasteiger partial charge in [-0.3, -0.25) is 4.79 Å². The lowest BCUT2D eigenvalue weighted by Crippen LogP contribution is -2.28. The predicted molar refractivity (Wildman–Crippen MR) is 79.0 cm³/mol. The SMILES string of the molecule is COc1cc(CNC(=O)COC(C)C)cc(OC)c1OC. The van der Waals surface area contributed by atoms with Gasteiger partial charge < -0.3 is 24.3 Å². The monoisotopic (exact) mass is 297 g/mol. The fraction of sp³-hybridized carbons (Fsp3) is 0.533. The molecule has 0 saturated carbocycles. The van der Waals surface area contributed by atoms with Gasteiger partial charge >= 0.3 is 0 Å². The van der Waals surface area contributed by atoms with Crippen LogP contribution in [-0.2, 0) is 16.1 Å². The largest absolute Gasteiger partial charge is 0.493 e. The lowest BCUT2D eigenvalue weighted by molar-refractivity contribution is -0.127. The summed E-state index contributed by atoms with van der Waals surface area (Å²) in [6, 6.07) is 3.59. The number of ether oxygens (including phenoxy) is 4. The van der Waals surface area contributed by atoms with E-state index in [9.17, 15) is 4.79 Å². The van der Waals surface area contributed by atoms with E-state index in [0.29, 0.717) is 23.8 Å². The Hall–Kier alpha value is -1.95. The molecule has 1 aromatic rings. The van der Waals surface area contributed by atoms with E-state index in [1.165, 1.54) is 0 Å². The van der Waals surface area contributed by atoms with E-state index in [4.69, 9.17) is 18.9 Å². The molecule has 1 N–H and O–H groups in total. The van der Waals surface area contributed by atoms with Gasteiger partial charge in [0.2, 0.25) is 11.7 Å². The van der Waals surface area contributed by atoms with Crippen LogP contribution < -0.4 is 19.5 Å². The Morgan fingerprint density at radius 3 is 2.10 bits per heavy atom. The van der Waals surface area contributed by atoms with E-state index in [0.717, 1.165) is 5.56 Å². The molecule has 0 aliphatic carbocycles. The van der Waals surface area contributed by atoms with Gasteiger partial charge in [-0.25, -0.2) is 0 Å². The van der Waals surface area contributed by atoms with Crippen molar-refractivity contribution in [3.05, 3.63) is 17.7 Å². The minimum atomic E-state index is -0.169. The van der Waals surface area contributed by atoms with Crippen LogP contribution >= 0.6 is 0 Å². The predicted octanol–water partition coefficient (Wildman–Crippen LogP) is 1.75. The number of amides is 1. The molecule has 0 aromatic heterocycles. The topological polar surface area (TPSA) is 66.0 Å². The number of hydrogen-bond donors (Lipinski definition) is 1. The molecule has 1 rings (SSSR count). The lowest BCUT2D eigenvalue weighted by atomic mass is 10.1. The molecule has 0 bridgehead atoms. The fourth-order valence-corrected chi connectivity index (χ4v) is 1.73. The zero-order valence-corrected chi connectivity index (χ0v) is 13.2. The number of carbonyl (C=O) groups excluding carboxylic acids is 1. The summed E-state index contributed by atoms with van der Waals surface area (Å²) in [6.45, 7) is 4.16. The summed E-state index contributed by atoms with van der Waals surface area (Å²) in [5.74, 6) is 1.47. The zero-order chi connectivity index (χ0) is 15.8. The highest BCUT2D eigenvalue weighted by atomic mass is 16.5. The van der Waals surface area contributed by atoms with Gasteiger partial charge in [-0.05, 0) is 31.5 Å². The Bertz CT molecular complexity index is 448. The molecule has 0 spiro atoms. The van der Waals surface area contributed by atoms with Gasteiger partial charge in [-0.1, -0.05) is 0 Å². The molecule has 118 valence electrons. The molecule has 0 radical (unpaired) electrons. The molecule has 0 fully saturated rings. The van der Waals surface area contributed by atoms with E-state index in [2.05, 4.69) is 5.32 Å². The first-order chi connectivity index (χ1) is 10.0. The molecule has 0 atom stereocenters. The molecule has 6 nitrogen and oxygen atoms in total. The Morgan fingerprint density at radius 2 is 1.67 bits per heavy atom. The molecule has 0 unspecified atom stereocenters. The van der Waals surface area contributed by atoms with Crippen molar-refractivity contribution < 1.29 is 23.7 Å². The molecule has 0 heterocycles. The summed E-state index contributed by atoms with van der Waals surface area (Å²) >= 11 is 0. The van der Waals surface area contributed by atoms with Crippen LogP contribution in [0, 0.1) is 0 Å². The third kappa shape index (κ3) is 5.15. The number of carbonyl (C=O) groups is 1. The smallest absolute Gasteiger partial charge is 0.246 e. The Balaban J connectivity index is 2.73. The minimum absolute atomic E-state index is 0.0249. The van der Waals surface area contributed by atoms with Gasteiger partial charge in [0.05, 0.1) is 27.4 Å². The highest BCUT2D eigenvalue weighted by Gasteiger charge is 2.13. The van der Waals surface area contributed by atoms with E-state index >= 15 is 0 Å². The van der Waals surface area contributed by atoms with Crippen molar-refractivity contribution in [1.82, 2.24) is 5.32 Å². The maximum absolute atomic E-state index is 11.6. The number of rotatable bonds is 8. The van der Waals surface area contributed by atoms with E-state index in [1.807, 2.05) is 13.8 Å². The Morgan fingerprint density at radius 1 is 1.10 bits per heavy atom. The van der Waals surface area contributed by atoms with Crippen molar-refractivity contribution in [3.63, 3.8) is 0 Å². The summed E-state index contributed by atoms with van der Waals surface area (Å²) in [5, 5.41) is 2.78. The maximum Gasteiger partial charge on any atom is 0.246 e. The number of benzene rings is 1. The number of nitrogens with one attached hydrogen (secondary N) is 1. The molecule has 0 aliphatic rings. The van der Waals surface area contributed by atoms with Gasteiger partial charge in [0.1, 0.15) is 6.61 Å². The van der Waals surface area contributed by atoms with Crippen LogP contribution in [0.1, 0.15) is 19.4 Å². The van der Waals surface area contributed by atoms with Crippen LogP contribution in [0.3, 0.4) is 0 Å². The molecule has 6 heteroatoms. The quantitative estimate of drug-likeness (QED) is 0.792. The summed E-state index contributed by atoms with van der Waals surface area (Å²) in [4.78, 5) is 11.6. The van der Waals surface area contributed by atoms with Crippen molar-refractivity contribution in [1.29, 1.82) is 0 Å². The normalized spacial score (nSPS) is 10.4. The van der Waals surface area contributed by atoms with Crippen molar-refractivity contribution in [2.24, 2.45) is 0 Å². The fourth-order valence-electron chi connectivity index (χ4n) is 1.73. The van der Waals surface area contributed by atoms with Crippen LogP contribution in [0.2, 0.25) is 0 Å². The van der Waals surface area contributed by atoms with Gasteiger partial charge in [0.15, 0.2) is 11.5 Å². The lowest BCUT2D eigenvalue weighted by Gasteiger charge is -2.14. The Kier molecular flexibility index (Phi) is 6.81. The van der Waals surface area contributed by atoms with E-state index in [-0.39, 0.29) is 18.6 Å². The summed E-state index contributed by atoms with van der Waals surface area (Å²) in [7, 11) is 4.65. The second-order valence-corrected chi connectivity index (χ2v) is 4.67. The van der Waals surface area contributed by atoms with Gasteiger partial charge in [-0.2, -0.15) is 0 Å². The van der Waals surface area contributed by atoms with Crippen LogP contribution in [0.5, 0.6) is 17.2 Å². The maximum atomic E-state index is 11.6. The third-order valence-corrected chi connectivity index (χ3v) is 2.76. The van der Waals surface area contributed by atoms with Crippen molar-refractivity contribution in [3.8, 4) is 17.2 Å². The molecule has 0 saturated heterocycles. The number of methoxy groups -OCH3 is 3. The summed E-state index contributed by atoms with van der Waals surface area (Å²) < 4.78 is 21.0. The van der Waals surface area contributed by atoms with Crippen LogP contribution in [0.4, 0.5) is 0 Å². The van der Waals surface area contributed by atoms with Gasteiger partial charge in [0.25, 0.3) is 0 Å². The molecule has 1 amide bonds. The second-order valence-electron chi connectivity index (χ2n) is 4.67. The molecule has 21 heavy (non-hydrogen) atoms. The summed E-state index contributed by atoms with van der Waals surface area (Å²) in [5.41, 5.74) is 0.849. The van der Waals surface area contributed by atoms with Crippen molar-refractivity contribution in [2.45, 2.75) is 26.5 Å². The first-order valence-electron chi connectivity index (χ1n) is 6.69. The van der Waals surface area contributed by atoms with Gasteiger partial charge in [0, 0.05) is 6.54 Å². The highest BCUT2D eigenvalue weighted by Crippen LogP contribution is 2.38. The third-order valence-electron chi connectivity index (χ3n) is 2.76. The average molecular weight is 297 g/mol. The van der Waals surface area contributed by atoms with Crippen LogP contribution in [-0.4, -0.2) is 39.9 Å². The van der Waals surface area contributed by atoms with Crippen molar-refractivity contribution >= 4 is 5.91 Å². The standard InChI is InChI=1S/C15H23NO5/c1-10(2)21-9-14(17)16-8-11-6-12(18-3)15(20-5)13(7-11)19-4/h6-7,10H,8-9H2,1-5H3,(H,16,17). The van der Waals surface area contributed by atoms with Crippen LogP contribution in [0.15, 0.2) is 12.1 Å². The number of hydrogen-bond acceptors (Lipinski definition) is 5. The zero-order valence-electron chi connectivity index (χ0n) is 13.2. The molecule has 0 aliphatic heterocycles. The first kappa shape index (κ1) is 17.1. The van der Waals surface area contributed by atoms with Gasteiger partial charge in [-0.15, -0.1) is 0 Å². The minimum Gasteiger partial charge on any atom is -0.493 e. The average Bonchev–Trinajstić information content (AvgIpc) is 2.49. The van der Waals surface area contributed by atoms with Crippen LogP contribution in [0.25, 0.3) is 0 Å². The molecular weight excluding hydrogens is 274 g/mol. The highest BCUT2D eigenvalue weighted by molar-refractivity contribution is 5.77. The first-order valence-corrected chi connectivity index (χ1v) is 6.69. The molecule has 1 aromatic carbocycles. The Labute approximate surface area is 125 Å². The van der Waals surface area contributed by atoms with E-state index < -0.39 is 0 Å². The second kappa shape index (κ2) is 8.36. The summed E-state index contributed by atoms with van der Waals surface area (Å²) in [6.07, 6.45) is 0.0249. The van der Waals surface area contributed by atoms with Crippen molar-refractivity contribution in [2.75, 3.05) is 27.9 Å². The van der Waals surface area contributed by atoms with E-state index in [1.54, 1.807) is 33.5 Å².